The Kier molecular flexibility index (Phi) is 5.75. The molecule has 0 aromatic heterocycles. The molecule has 0 radical (unpaired) electrons. The summed E-state index contributed by atoms with van der Waals surface area (Å²) in [4.78, 5) is 11.0. The summed E-state index contributed by atoms with van der Waals surface area (Å²) in [6.45, 7) is 4.44. The summed E-state index contributed by atoms with van der Waals surface area (Å²) in [6.07, 6.45) is 5.59. The van der Waals surface area contributed by atoms with Gasteiger partial charge in [0, 0.05) is 0 Å². The molecule has 0 aliphatic carbocycles. The molecule has 1 rings (SSSR count). The minimum Gasteiger partial charge on any atom is -0.478 e. The first-order chi connectivity index (χ1) is 8.19. The number of hydrogen-bond acceptors (Lipinski definition) is 1. The number of carboxylic acids is 1. The minimum atomic E-state index is -0.817. The fourth-order valence-electron chi connectivity index (χ4n) is 2.23. The molecule has 17 heavy (non-hydrogen) atoms. The average Bonchev–Trinajstić information content (AvgIpc) is 2.35. The van der Waals surface area contributed by atoms with E-state index in [-0.39, 0.29) is 0 Å². The average molecular weight is 234 g/mol. The molecule has 0 saturated carbocycles. The van der Waals surface area contributed by atoms with Gasteiger partial charge < -0.3 is 5.11 Å². The van der Waals surface area contributed by atoms with E-state index in [0.29, 0.717) is 5.56 Å². The van der Waals surface area contributed by atoms with Crippen molar-refractivity contribution in [3.8, 4) is 0 Å². The molecular formula is C15H22O2. The van der Waals surface area contributed by atoms with E-state index in [2.05, 4.69) is 13.8 Å². The third-order valence-electron chi connectivity index (χ3n) is 3.46. The lowest BCUT2D eigenvalue weighted by Crippen LogP contribution is -2.03. The van der Waals surface area contributed by atoms with Crippen LogP contribution in [0, 0.1) is 5.92 Å². The summed E-state index contributed by atoms with van der Waals surface area (Å²) in [6, 6.07) is 7.32. The molecule has 0 saturated heterocycles. The fraction of sp³-hybridized carbons (Fsp3) is 0.533. The number of benzene rings is 1. The van der Waals surface area contributed by atoms with Crippen molar-refractivity contribution in [3.63, 3.8) is 0 Å². The van der Waals surface area contributed by atoms with Gasteiger partial charge in [-0.15, -0.1) is 0 Å². The monoisotopic (exact) mass is 234 g/mol. The Bertz CT molecular complexity index is 354. The van der Waals surface area contributed by atoms with Gasteiger partial charge in [0.05, 0.1) is 5.56 Å². The van der Waals surface area contributed by atoms with E-state index in [1.807, 2.05) is 12.1 Å². The first-order valence-electron chi connectivity index (χ1n) is 6.50. The summed E-state index contributed by atoms with van der Waals surface area (Å²) in [5.41, 5.74) is 1.42. The molecule has 2 nitrogen and oxygen atoms in total. The van der Waals surface area contributed by atoms with Crippen molar-refractivity contribution in [2.45, 2.75) is 46.0 Å². The van der Waals surface area contributed by atoms with Crippen LogP contribution < -0.4 is 0 Å². The number of aromatic carboxylic acids is 1. The van der Waals surface area contributed by atoms with E-state index in [1.165, 1.54) is 19.3 Å². The number of carbonyl (C=O) groups is 1. The van der Waals surface area contributed by atoms with E-state index in [9.17, 15) is 4.79 Å². The Balaban J connectivity index is 2.54. The van der Waals surface area contributed by atoms with Crippen molar-refractivity contribution in [3.05, 3.63) is 35.4 Å². The quantitative estimate of drug-likeness (QED) is 0.769. The summed E-state index contributed by atoms with van der Waals surface area (Å²) in [7, 11) is 0. The molecule has 0 aliphatic heterocycles. The number of rotatable bonds is 7. The molecule has 0 unspecified atom stereocenters. The maximum Gasteiger partial charge on any atom is 0.335 e. The van der Waals surface area contributed by atoms with Crippen molar-refractivity contribution < 1.29 is 9.90 Å². The van der Waals surface area contributed by atoms with Crippen LogP contribution in [0.15, 0.2) is 24.3 Å². The van der Waals surface area contributed by atoms with Gasteiger partial charge in [-0.05, 0) is 30.4 Å². The molecule has 94 valence electrons. The van der Waals surface area contributed by atoms with Crippen molar-refractivity contribution >= 4 is 5.97 Å². The molecule has 0 aliphatic rings. The number of aryl methyl sites for hydroxylation is 1. The molecule has 1 aromatic rings. The van der Waals surface area contributed by atoms with Gasteiger partial charge in [-0.3, -0.25) is 0 Å². The van der Waals surface area contributed by atoms with Crippen LogP contribution in [0.4, 0.5) is 0 Å². The van der Waals surface area contributed by atoms with E-state index < -0.39 is 5.97 Å². The lowest BCUT2D eigenvalue weighted by atomic mass is 9.94. The SMILES string of the molecule is CCC(CC)CCCc1ccccc1C(=O)O. The molecule has 0 fully saturated rings. The first kappa shape index (κ1) is 13.8. The van der Waals surface area contributed by atoms with Gasteiger partial charge in [-0.2, -0.15) is 0 Å². The molecule has 2 heteroatoms. The van der Waals surface area contributed by atoms with Crippen LogP contribution in [0.3, 0.4) is 0 Å². The van der Waals surface area contributed by atoms with Gasteiger partial charge in [-0.1, -0.05) is 51.3 Å². The zero-order valence-electron chi connectivity index (χ0n) is 10.8. The Morgan fingerprint density at radius 3 is 2.47 bits per heavy atom. The zero-order valence-corrected chi connectivity index (χ0v) is 10.8. The number of carboxylic acid groups (broad SMARTS) is 1. The molecule has 0 amide bonds. The van der Waals surface area contributed by atoms with E-state index in [0.717, 1.165) is 24.3 Å². The Morgan fingerprint density at radius 1 is 1.24 bits per heavy atom. The molecule has 0 atom stereocenters. The fourth-order valence-corrected chi connectivity index (χ4v) is 2.23. The third-order valence-corrected chi connectivity index (χ3v) is 3.46. The van der Waals surface area contributed by atoms with Crippen LogP contribution in [0.1, 0.15) is 55.5 Å². The van der Waals surface area contributed by atoms with E-state index >= 15 is 0 Å². The van der Waals surface area contributed by atoms with Crippen LogP contribution >= 0.6 is 0 Å². The topological polar surface area (TPSA) is 37.3 Å². The van der Waals surface area contributed by atoms with Crippen molar-refractivity contribution in [1.82, 2.24) is 0 Å². The molecule has 0 bridgehead atoms. The zero-order chi connectivity index (χ0) is 12.7. The second kappa shape index (κ2) is 7.10. The Labute approximate surface area is 104 Å². The molecule has 1 aromatic carbocycles. The summed E-state index contributed by atoms with van der Waals surface area (Å²) in [5, 5.41) is 9.07. The summed E-state index contributed by atoms with van der Waals surface area (Å²) in [5.74, 6) is -0.0323. The van der Waals surface area contributed by atoms with E-state index in [1.54, 1.807) is 12.1 Å². The highest BCUT2D eigenvalue weighted by Gasteiger charge is 2.09. The van der Waals surface area contributed by atoms with Gasteiger partial charge in [0.1, 0.15) is 0 Å². The standard InChI is InChI=1S/C15H22O2/c1-3-12(4-2)8-7-10-13-9-5-6-11-14(13)15(16)17/h5-6,9,11-12H,3-4,7-8,10H2,1-2H3,(H,16,17). The third kappa shape index (κ3) is 4.22. The van der Waals surface area contributed by atoms with Crippen LogP contribution in [-0.2, 0) is 6.42 Å². The highest BCUT2D eigenvalue weighted by molar-refractivity contribution is 5.89. The highest BCUT2D eigenvalue weighted by atomic mass is 16.4. The van der Waals surface area contributed by atoms with Crippen molar-refractivity contribution in [2.75, 3.05) is 0 Å². The van der Waals surface area contributed by atoms with Crippen LogP contribution in [0.2, 0.25) is 0 Å². The van der Waals surface area contributed by atoms with Gasteiger partial charge in [0.2, 0.25) is 0 Å². The predicted molar refractivity (Wildman–Crippen MR) is 70.4 cm³/mol. The second-order valence-corrected chi connectivity index (χ2v) is 4.54. The summed E-state index contributed by atoms with van der Waals surface area (Å²) < 4.78 is 0. The largest absolute Gasteiger partial charge is 0.478 e. The number of hydrogen-bond donors (Lipinski definition) is 1. The van der Waals surface area contributed by atoms with Crippen LogP contribution in [0.5, 0.6) is 0 Å². The lowest BCUT2D eigenvalue weighted by Gasteiger charge is -2.12. The summed E-state index contributed by atoms with van der Waals surface area (Å²) >= 11 is 0. The predicted octanol–water partition coefficient (Wildman–Crippen LogP) is 4.14. The maximum absolute atomic E-state index is 11.0. The smallest absolute Gasteiger partial charge is 0.335 e. The maximum atomic E-state index is 11.0. The lowest BCUT2D eigenvalue weighted by molar-refractivity contribution is 0.0695. The molecule has 1 N–H and O–H groups in total. The molecule has 0 heterocycles. The van der Waals surface area contributed by atoms with Crippen molar-refractivity contribution in [2.24, 2.45) is 5.92 Å². The normalized spacial score (nSPS) is 10.8. The molecular weight excluding hydrogens is 212 g/mol. The van der Waals surface area contributed by atoms with Crippen molar-refractivity contribution in [1.29, 1.82) is 0 Å². The van der Waals surface area contributed by atoms with Crippen LogP contribution in [-0.4, -0.2) is 11.1 Å². The molecule has 0 spiro atoms. The minimum absolute atomic E-state index is 0.456. The van der Waals surface area contributed by atoms with Gasteiger partial charge in [0.15, 0.2) is 0 Å². The van der Waals surface area contributed by atoms with Gasteiger partial charge >= 0.3 is 5.97 Å². The Morgan fingerprint density at radius 2 is 1.88 bits per heavy atom. The van der Waals surface area contributed by atoms with Gasteiger partial charge in [-0.25, -0.2) is 4.79 Å². The van der Waals surface area contributed by atoms with E-state index in [4.69, 9.17) is 5.11 Å². The highest BCUT2D eigenvalue weighted by Crippen LogP contribution is 2.18. The first-order valence-corrected chi connectivity index (χ1v) is 6.50. The Hall–Kier alpha value is -1.31. The van der Waals surface area contributed by atoms with Gasteiger partial charge in [0.25, 0.3) is 0 Å². The van der Waals surface area contributed by atoms with Crippen LogP contribution in [0.25, 0.3) is 0 Å². The second-order valence-electron chi connectivity index (χ2n) is 4.54.